The molecule has 0 saturated carbocycles. The molecule has 4 aliphatic rings. The van der Waals surface area contributed by atoms with Gasteiger partial charge in [-0.25, -0.2) is 19.7 Å². The van der Waals surface area contributed by atoms with E-state index in [-0.39, 0.29) is 18.9 Å². The number of aryl methyl sites for hydroxylation is 1. The molecule has 0 aliphatic carbocycles. The highest BCUT2D eigenvalue weighted by Gasteiger charge is 2.31. The molecule has 0 aromatic heterocycles. The number of rotatable bonds is 5. The number of imidazole rings is 1. The van der Waals surface area contributed by atoms with Crippen LogP contribution in [0.3, 0.4) is 0 Å². The van der Waals surface area contributed by atoms with Crippen LogP contribution in [-0.2, 0) is 11.3 Å². The van der Waals surface area contributed by atoms with Crippen molar-refractivity contribution in [2.24, 2.45) is 0 Å². The Morgan fingerprint density at radius 3 is 2.81 bits per heavy atom. The third-order valence-electron chi connectivity index (χ3n) is 6.06. The minimum atomic E-state index is -0.521. The number of piperidine rings is 1. The summed E-state index contributed by atoms with van der Waals surface area (Å²) in [7, 11) is 0. The second kappa shape index (κ2) is 9.97. The van der Waals surface area contributed by atoms with E-state index in [1.54, 1.807) is 6.33 Å². The van der Waals surface area contributed by atoms with Crippen LogP contribution in [0.4, 0.5) is 10.6 Å². The van der Waals surface area contributed by atoms with Gasteiger partial charge in [0.05, 0.1) is 6.33 Å². The molecule has 1 saturated heterocycles. The van der Waals surface area contributed by atoms with Crippen molar-refractivity contribution in [2.75, 3.05) is 19.1 Å². The Labute approximate surface area is 222 Å². The average Bonchev–Trinajstić information content (AvgIpc) is 3.45. The number of carbonyl (C=O) groups is 1. The van der Waals surface area contributed by atoms with Crippen LogP contribution in [0.25, 0.3) is 11.5 Å². The number of fused-ring (bicyclic) bond motifs is 2. The molecule has 12 heteroatoms. The highest BCUT2D eigenvalue weighted by Crippen LogP contribution is 2.43. The standard InChI is InChI=1S/C24H29BrN6O4S/c1-24(2,3)35-23(32)31-8-5-4-6-14(31)7-9-30-12-27-20(26)19-21(30)29-22(28-19)36-18-11-17-16(10-15(18)25)33-13-34-17/h10-12,14H,4-9,13,26H2,1-3H3/t14-/m0/s1. The van der Waals surface area contributed by atoms with Crippen LogP contribution in [0, 0.1) is 0 Å². The first-order valence-electron chi connectivity index (χ1n) is 11.9. The lowest BCUT2D eigenvalue weighted by molar-refractivity contribution is 0.00838. The molecule has 1 amide bonds. The number of anilines is 1. The van der Waals surface area contributed by atoms with Crippen molar-refractivity contribution >= 4 is 39.6 Å². The molecule has 36 heavy (non-hydrogen) atoms. The van der Waals surface area contributed by atoms with Crippen LogP contribution in [0.2, 0.25) is 0 Å². The van der Waals surface area contributed by atoms with Crippen molar-refractivity contribution in [1.82, 2.24) is 24.4 Å². The number of carbonyl (C=O) groups excluding carboxylic acids is 1. The summed E-state index contributed by atoms with van der Waals surface area (Å²) in [5, 5.41) is 0.561. The van der Waals surface area contributed by atoms with Crippen LogP contribution in [0.5, 0.6) is 11.5 Å². The van der Waals surface area contributed by atoms with E-state index in [1.807, 2.05) is 42.4 Å². The van der Waals surface area contributed by atoms with E-state index in [4.69, 9.17) is 24.9 Å². The van der Waals surface area contributed by atoms with Crippen molar-refractivity contribution < 1.29 is 19.0 Å². The topological polar surface area (TPSA) is 118 Å². The Bertz CT molecular complexity index is 1250. The Morgan fingerprint density at radius 1 is 1.25 bits per heavy atom. The third kappa shape index (κ3) is 5.34. The van der Waals surface area contributed by atoms with Crippen LogP contribution < -0.4 is 15.2 Å². The Hall–Kier alpha value is -2.73. The summed E-state index contributed by atoms with van der Waals surface area (Å²) in [6.07, 6.45) is 5.22. The molecule has 192 valence electrons. The number of likely N-dealkylation sites (tertiary alicyclic amines) is 1. The largest absolute Gasteiger partial charge is 0.454 e. The maximum absolute atomic E-state index is 12.8. The smallest absolute Gasteiger partial charge is 0.410 e. The molecule has 1 fully saturated rings. The van der Waals surface area contributed by atoms with Gasteiger partial charge in [0.15, 0.2) is 34.0 Å². The van der Waals surface area contributed by atoms with Crippen molar-refractivity contribution in [1.29, 1.82) is 0 Å². The van der Waals surface area contributed by atoms with Crippen molar-refractivity contribution in [3.63, 3.8) is 0 Å². The van der Waals surface area contributed by atoms with E-state index >= 15 is 0 Å². The maximum atomic E-state index is 12.8. The SMILES string of the molecule is CC(C)(C)OC(=O)N1CCCC[C@H]1CCn1cnc(N)c2nc(Sc3cc4c(cc3Br)OCO4)nc1-2. The number of nitrogens with two attached hydrogens (primary N) is 1. The summed E-state index contributed by atoms with van der Waals surface area (Å²) in [6, 6.07) is 3.88. The molecule has 1 aromatic carbocycles. The zero-order chi connectivity index (χ0) is 25.4. The molecule has 0 unspecified atom stereocenters. The number of nitrogens with zero attached hydrogens (tertiary/aromatic N) is 5. The number of halogens is 1. The van der Waals surface area contributed by atoms with E-state index in [9.17, 15) is 4.79 Å². The van der Waals surface area contributed by atoms with Crippen LogP contribution in [0.1, 0.15) is 46.5 Å². The number of aromatic nitrogens is 4. The first-order chi connectivity index (χ1) is 17.2. The zero-order valence-corrected chi connectivity index (χ0v) is 22.9. The van der Waals surface area contributed by atoms with Gasteiger partial charge in [0, 0.05) is 28.5 Å². The second-order valence-electron chi connectivity index (χ2n) is 9.85. The predicted octanol–water partition coefficient (Wildman–Crippen LogP) is 5.18. The van der Waals surface area contributed by atoms with Crippen molar-refractivity contribution in [3.8, 4) is 23.0 Å². The van der Waals surface area contributed by atoms with Gasteiger partial charge in [-0.3, -0.25) is 0 Å². The van der Waals surface area contributed by atoms with Gasteiger partial charge in [-0.2, -0.15) is 0 Å². The first-order valence-corrected chi connectivity index (χ1v) is 13.5. The predicted molar refractivity (Wildman–Crippen MR) is 138 cm³/mol. The summed E-state index contributed by atoms with van der Waals surface area (Å²) in [5.74, 6) is 2.39. The van der Waals surface area contributed by atoms with Crippen LogP contribution >= 0.6 is 27.7 Å². The van der Waals surface area contributed by atoms with Crippen molar-refractivity contribution in [2.45, 2.75) is 74.7 Å². The number of ether oxygens (including phenoxy) is 3. The summed E-state index contributed by atoms with van der Waals surface area (Å²) in [5.41, 5.74) is 6.18. The van der Waals surface area contributed by atoms with Gasteiger partial charge in [0.2, 0.25) is 6.79 Å². The lowest BCUT2D eigenvalue weighted by Crippen LogP contribution is -2.46. The minimum Gasteiger partial charge on any atom is -0.454 e. The number of hydrogen-bond donors (Lipinski definition) is 1. The van der Waals surface area contributed by atoms with E-state index in [1.165, 1.54) is 11.8 Å². The van der Waals surface area contributed by atoms with Gasteiger partial charge in [-0.1, -0.05) is 0 Å². The fourth-order valence-corrected chi connectivity index (χ4v) is 5.72. The fourth-order valence-electron chi connectivity index (χ4n) is 4.37. The van der Waals surface area contributed by atoms with Gasteiger partial charge in [0.1, 0.15) is 5.60 Å². The van der Waals surface area contributed by atoms with E-state index < -0.39 is 5.60 Å². The summed E-state index contributed by atoms with van der Waals surface area (Å²) in [6.45, 7) is 7.22. The van der Waals surface area contributed by atoms with E-state index in [0.29, 0.717) is 47.1 Å². The molecule has 10 nitrogen and oxygen atoms in total. The molecular weight excluding hydrogens is 548 g/mol. The Kier molecular flexibility index (Phi) is 6.90. The molecule has 0 radical (unpaired) electrons. The van der Waals surface area contributed by atoms with E-state index in [2.05, 4.69) is 25.9 Å². The monoisotopic (exact) mass is 576 g/mol. The second-order valence-corrected chi connectivity index (χ2v) is 11.7. The average molecular weight is 578 g/mol. The Balaban J connectivity index is 1.34. The quantitative estimate of drug-likeness (QED) is 0.438. The molecule has 2 N–H and O–H groups in total. The fraction of sp³-hybridized carbons (Fsp3) is 0.500. The molecule has 0 bridgehead atoms. The van der Waals surface area contributed by atoms with Crippen molar-refractivity contribution in [3.05, 3.63) is 22.9 Å². The first kappa shape index (κ1) is 24.9. The summed E-state index contributed by atoms with van der Waals surface area (Å²) >= 11 is 5.00. The molecule has 4 heterocycles. The highest BCUT2D eigenvalue weighted by molar-refractivity contribution is 9.10. The zero-order valence-electron chi connectivity index (χ0n) is 20.5. The molecule has 1 aromatic rings. The molecule has 0 spiro atoms. The highest BCUT2D eigenvalue weighted by atomic mass is 79.9. The van der Waals surface area contributed by atoms with Gasteiger partial charge < -0.3 is 29.4 Å². The van der Waals surface area contributed by atoms with Gasteiger partial charge in [0.25, 0.3) is 0 Å². The van der Waals surface area contributed by atoms with Crippen LogP contribution in [-0.4, -0.2) is 55.5 Å². The molecule has 5 rings (SSSR count). The lowest BCUT2D eigenvalue weighted by atomic mass is 10.00. The number of nitrogen functional groups attached to an aromatic ring is 1. The third-order valence-corrected chi connectivity index (χ3v) is 7.90. The maximum Gasteiger partial charge on any atom is 0.410 e. The molecule has 1 atom stereocenters. The Morgan fingerprint density at radius 2 is 2.03 bits per heavy atom. The minimum absolute atomic E-state index is 0.0926. The van der Waals surface area contributed by atoms with E-state index in [0.717, 1.165) is 35.1 Å². The van der Waals surface area contributed by atoms with Crippen LogP contribution in [0.15, 0.2) is 33.0 Å². The lowest BCUT2D eigenvalue weighted by Gasteiger charge is -2.37. The normalized spacial score (nSPS) is 17.6. The summed E-state index contributed by atoms with van der Waals surface area (Å²) < 4.78 is 19.4. The number of benzene rings is 1. The molecular formula is C24H29BrN6O4S. The number of hydrogen-bond acceptors (Lipinski definition) is 9. The van der Waals surface area contributed by atoms with Gasteiger partial charge in [-0.05, 0) is 86.3 Å². The summed E-state index contributed by atoms with van der Waals surface area (Å²) in [4.78, 5) is 29.3. The van der Waals surface area contributed by atoms with Gasteiger partial charge in [-0.15, -0.1) is 0 Å². The van der Waals surface area contributed by atoms with Gasteiger partial charge >= 0.3 is 6.09 Å². The number of amides is 1. The molecule has 4 aliphatic heterocycles.